The molecule has 2 aromatic carbocycles. The molecule has 3 amide bonds. The molecule has 29 heteroatoms. The van der Waals surface area contributed by atoms with Crippen molar-refractivity contribution < 1.29 is 79.9 Å². The third-order valence-electron chi connectivity index (χ3n) is 11.9. The molecule has 2 aliphatic carbocycles. The molecule has 0 saturated heterocycles. The Morgan fingerprint density at radius 3 is 2.15 bits per heavy atom. The normalized spacial score (nSPS) is 17.2. The fourth-order valence-corrected chi connectivity index (χ4v) is 9.70. The summed E-state index contributed by atoms with van der Waals surface area (Å²) in [5.74, 6) is -7.66. The summed E-state index contributed by atoms with van der Waals surface area (Å²) in [6.45, 7) is 0.131. The summed E-state index contributed by atoms with van der Waals surface area (Å²) in [5, 5.41) is 10.6. The summed E-state index contributed by atoms with van der Waals surface area (Å²) in [7, 11) is -7.90. The van der Waals surface area contributed by atoms with Crippen LogP contribution in [-0.4, -0.2) is 95.9 Å². The predicted octanol–water partition coefficient (Wildman–Crippen LogP) is 7.33. The highest BCUT2D eigenvalue weighted by atomic mass is 35.5. The number of anilines is 1. The lowest BCUT2D eigenvalue weighted by molar-refractivity contribution is -0.143. The van der Waals surface area contributed by atoms with Gasteiger partial charge < -0.3 is 15.4 Å². The minimum Gasteiger partial charge on any atom is -0.453 e. The molecule has 2 N–H and O–H groups in total. The van der Waals surface area contributed by atoms with Crippen molar-refractivity contribution in [2.75, 3.05) is 23.9 Å². The number of sulfone groups is 1. The van der Waals surface area contributed by atoms with Gasteiger partial charge in [-0.05, 0) is 81.3 Å². The van der Waals surface area contributed by atoms with E-state index >= 15 is 8.78 Å². The first-order valence-corrected chi connectivity index (χ1v) is 25.3. The standard InChI is InChI=1S/C44H39ClF10N8O8S2/c1-20(56-40(66)71-4)39(65)63(73(6,69)70)38-33-29(45)10-9-26(35(33)62(60-38)19-42(48,49)50)25-8-7-24(11-12-41(2,3)72(5,67)68)57-34(25)30(15-21-13-22(46)16-23(47)14-21)58-31(64)18-61-37-32(36(59-61)44(53,54)55)27-17-28(27)43(37,51)52/h7-10,13-14,16,20,27-28,30H,15,17-19H2,1-6H3,(H,56,66)(H,58,64)/t20-,27-,28+,30-/m0/s1. The van der Waals surface area contributed by atoms with E-state index in [1.165, 1.54) is 13.8 Å². The molecule has 1 fully saturated rings. The summed E-state index contributed by atoms with van der Waals surface area (Å²) >= 11 is 6.62. The van der Waals surface area contributed by atoms with Crippen molar-refractivity contribution in [3.05, 3.63) is 93.0 Å². The molecule has 0 radical (unpaired) electrons. The summed E-state index contributed by atoms with van der Waals surface area (Å²) in [6.07, 6.45) is -11.3. The number of carbonyl (C=O) groups is 3. The van der Waals surface area contributed by atoms with Gasteiger partial charge in [0.2, 0.25) is 15.9 Å². The van der Waals surface area contributed by atoms with Crippen LogP contribution in [-0.2, 0) is 65.8 Å². The lowest BCUT2D eigenvalue weighted by Crippen LogP contribution is -2.49. The van der Waals surface area contributed by atoms with E-state index in [2.05, 4.69) is 37.1 Å². The molecule has 3 heterocycles. The Labute approximate surface area is 413 Å². The van der Waals surface area contributed by atoms with Crippen molar-refractivity contribution in [3.63, 3.8) is 0 Å². The van der Waals surface area contributed by atoms with E-state index in [4.69, 9.17) is 11.6 Å². The molecule has 1 saturated carbocycles. The van der Waals surface area contributed by atoms with Gasteiger partial charge in [-0.15, -0.1) is 0 Å². The second kappa shape index (κ2) is 18.8. The number of sulfonamides is 1. The average molecular weight is 1100 g/mol. The molecular weight excluding hydrogens is 1060 g/mol. The van der Waals surface area contributed by atoms with Crippen LogP contribution in [0.3, 0.4) is 0 Å². The minimum atomic E-state index is -5.23. The summed E-state index contributed by atoms with van der Waals surface area (Å²) in [6, 6.07) is 2.86. The Morgan fingerprint density at radius 1 is 0.945 bits per heavy atom. The highest BCUT2D eigenvalue weighted by Gasteiger charge is 2.68. The van der Waals surface area contributed by atoms with Crippen molar-refractivity contribution in [2.45, 2.75) is 87.7 Å². The van der Waals surface area contributed by atoms with Crippen molar-refractivity contribution >= 4 is 66.1 Å². The van der Waals surface area contributed by atoms with Crippen LogP contribution in [0, 0.1) is 29.4 Å². The Balaban J connectivity index is 1.49. The highest BCUT2D eigenvalue weighted by Crippen LogP contribution is 2.68. The number of pyridine rings is 1. The number of alkyl halides is 8. The van der Waals surface area contributed by atoms with Gasteiger partial charge in [0.15, 0.2) is 21.3 Å². The van der Waals surface area contributed by atoms with Gasteiger partial charge >= 0.3 is 18.4 Å². The van der Waals surface area contributed by atoms with Crippen molar-refractivity contribution in [1.29, 1.82) is 0 Å². The maximum Gasteiger partial charge on any atom is 0.435 e. The fraction of sp³-hybridized carbons (Fsp3) is 0.409. The van der Waals surface area contributed by atoms with Crippen LogP contribution in [0.2, 0.25) is 5.02 Å². The van der Waals surface area contributed by atoms with Crippen molar-refractivity contribution in [1.82, 2.24) is 35.2 Å². The first kappa shape index (κ1) is 54.3. The van der Waals surface area contributed by atoms with Crippen LogP contribution in [0.4, 0.5) is 54.5 Å². The second-order valence-corrected chi connectivity index (χ2v) is 22.5. The van der Waals surface area contributed by atoms with Gasteiger partial charge in [0, 0.05) is 34.9 Å². The third-order valence-corrected chi connectivity index (χ3v) is 15.2. The molecule has 7 rings (SSSR count). The molecule has 73 heavy (non-hydrogen) atoms. The number of nitrogens with zero attached hydrogens (tertiary/aromatic N) is 6. The number of fused-ring (bicyclic) bond motifs is 4. The Bertz CT molecular complexity index is 3390. The molecule has 2 aliphatic rings. The number of amides is 3. The maximum absolute atomic E-state index is 15.6. The number of aromatic nitrogens is 5. The van der Waals surface area contributed by atoms with Crippen LogP contribution >= 0.6 is 11.6 Å². The van der Waals surface area contributed by atoms with Gasteiger partial charge in [0.05, 0.1) is 41.0 Å². The number of hydrogen-bond donors (Lipinski definition) is 2. The molecule has 16 nitrogen and oxygen atoms in total. The highest BCUT2D eigenvalue weighted by molar-refractivity contribution is 7.93. The molecular formula is C44H39ClF10N8O8S2. The monoisotopic (exact) mass is 1100 g/mol. The van der Waals surface area contributed by atoms with E-state index in [0.717, 1.165) is 56.7 Å². The quantitative estimate of drug-likeness (QED) is 0.0883. The van der Waals surface area contributed by atoms with Gasteiger partial charge in [-0.1, -0.05) is 23.6 Å². The number of halogens is 11. The van der Waals surface area contributed by atoms with E-state index < -0.39 is 166 Å². The lowest BCUT2D eigenvalue weighted by Gasteiger charge is -2.23. The number of alkyl carbamates (subject to hydrolysis) is 1. The second-order valence-electron chi connectivity index (χ2n) is 17.7. The zero-order valence-electron chi connectivity index (χ0n) is 38.6. The van der Waals surface area contributed by atoms with Crippen LogP contribution in [0.1, 0.15) is 73.1 Å². The van der Waals surface area contributed by atoms with Gasteiger partial charge in [-0.2, -0.15) is 49.6 Å². The topological polar surface area (TPSA) is 205 Å². The van der Waals surface area contributed by atoms with Crippen LogP contribution in [0.5, 0.6) is 0 Å². The molecule has 0 bridgehead atoms. The van der Waals surface area contributed by atoms with Gasteiger partial charge in [-0.25, -0.2) is 35.4 Å². The molecule has 0 aliphatic heterocycles. The Morgan fingerprint density at radius 2 is 1.58 bits per heavy atom. The van der Waals surface area contributed by atoms with E-state index in [9.17, 15) is 66.3 Å². The molecule has 4 atom stereocenters. The van der Waals surface area contributed by atoms with E-state index in [-0.39, 0.29) is 36.9 Å². The zero-order chi connectivity index (χ0) is 54.3. The van der Waals surface area contributed by atoms with Crippen molar-refractivity contribution in [3.8, 4) is 23.0 Å². The number of hydrogen-bond acceptors (Lipinski definition) is 11. The number of carbonyl (C=O) groups excluding carboxylic acids is 3. The van der Waals surface area contributed by atoms with E-state index in [1.54, 1.807) is 0 Å². The van der Waals surface area contributed by atoms with Gasteiger partial charge in [0.1, 0.15) is 46.9 Å². The number of rotatable bonds is 13. The average Bonchev–Trinajstić information content (AvgIpc) is 3.76. The van der Waals surface area contributed by atoms with E-state index in [1.807, 2.05) is 5.32 Å². The molecule has 0 unspecified atom stereocenters. The largest absolute Gasteiger partial charge is 0.453 e. The fourth-order valence-electron chi connectivity index (χ4n) is 8.30. The number of methoxy groups -OCH3 is 1. The SMILES string of the molecule is COC(=O)N[C@@H](C)C(=O)N(c1nn(CC(F)(F)F)c2c(-c3ccc(C#CC(C)(C)S(C)(=O)=O)nc3[C@H](Cc3cc(F)cc(F)c3)NC(=O)Cn3nc(C(F)(F)F)c4c3C(F)(F)[C@@H]3C[C@H]43)ccc(Cl)c12)S(C)(=O)=O. The van der Waals surface area contributed by atoms with E-state index in [0.29, 0.717) is 12.3 Å². The molecule has 3 aromatic heterocycles. The minimum absolute atomic E-state index is 0.0232. The number of ether oxygens (including phenoxy) is 1. The first-order chi connectivity index (χ1) is 33.5. The van der Waals surface area contributed by atoms with Crippen LogP contribution in [0.15, 0.2) is 42.5 Å². The molecule has 0 spiro atoms. The Kier molecular flexibility index (Phi) is 14.0. The summed E-state index contributed by atoms with van der Waals surface area (Å²) in [4.78, 5) is 44.6. The van der Waals surface area contributed by atoms with Gasteiger partial charge in [0.25, 0.3) is 11.8 Å². The molecule has 392 valence electrons. The number of benzene rings is 2. The smallest absolute Gasteiger partial charge is 0.435 e. The summed E-state index contributed by atoms with van der Waals surface area (Å²) in [5.41, 5.74) is -6.10. The first-order valence-electron chi connectivity index (χ1n) is 21.2. The summed E-state index contributed by atoms with van der Waals surface area (Å²) < 4.78 is 202. The lowest BCUT2D eigenvalue weighted by atomic mass is 9.93. The van der Waals surface area contributed by atoms with Crippen LogP contribution < -0.4 is 14.9 Å². The van der Waals surface area contributed by atoms with Gasteiger partial charge in [-0.3, -0.25) is 19.0 Å². The number of nitrogens with one attached hydrogen (secondary N) is 2. The third kappa shape index (κ3) is 10.9. The molecule has 5 aromatic rings. The predicted molar refractivity (Wildman–Crippen MR) is 240 cm³/mol. The maximum atomic E-state index is 15.6. The Hall–Kier alpha value is -6.47. The zero-order valence-corrected chi connectivity index (χ0v) is 41.0. The van der Waals surface area contributed by atoms with Crippen molar-refractivity contribution in [2.24, 2.45) is 5.92 Å². The van der Waals surface area contributed by atoms with Crippen LogP contribution in [0.25, 0.3) is 22.0 Å².